The van der Waals surface area contributed by atoms with E-state index in [9.17, 15) is 28.1 Å². The fraction of sp³-hybridized carbons (Fsp3) is 0.480. The van der Waals surface area contributed by atoms with Gasteiger partial charge in [-0.2, -0.15) is 13.2 Å². The smallest absolute Gasteiger partial charge is 0.423 e. The van der Waals surface area contributed by atoms with E-state index in [0.29, 0.717) is 5.56 Å². The van der Waals surface area contributed by atoms with E-state index in [1.165, 1.54) is 6.07 Å². The van der Waals surface area contributed by atoms with Gasteiger partial charge in [0.05, 0.1) is 24.1 Å². The van der Waals surface area contributed by atoms with Gasteiger partial charge in [-0.3, -0.25) is 14.9 Å². The molecule has 0 amide bonds. The van der Waals surface area contributed by atoms with Gasteiger partial charge in [-0.15, -0.1) is 0 Å². The zero-order valence-corrected chi connectivity index (χ0v) is 19.4. The topological polar surface area (TPSA) is 78.7 Å². The van der Waals surface area contributed by atoms with E-state index in [1.54, 1.807) is 51.1 Å². The van der Waals surface area contributed by atoms with Crippen molar-refractivity contribution < 1.29 is 32.4 Å². The molecule has 2 aromatic carbocycles. The summed E-state index contributed by atoms with van der Waals surface area (Å²) in [5.41, 5.74) is -2.49. The quantitative estimate of drug-likeness (QED) is 0.214. The summed E-state index contributed by atoms with van der Waals surface area (Å²) in [7, 11) is 0. The van der Waals surface area contributed by atoms with E-state index in [0.717, 1.165) is 12.8 Å². The van der Waals surface area contributed by atoms with Crippen LogP contribution >= 0.6 is 0 Å². The number of ether oxygens (including phenoxy) is 2. The molecule has 0 heterocycles. The van der Waals surface area contributed by atoms with Crippen LogP contribution in [0.25, 0.3) is 11.1 Å². The zero-order chi connectivity index (χ0) is 25.0. The minimum absolute atomic E-state index is 0.0228. The van der Waals surface area contributed by atoms with Crippen LogP contribution in [-0.2, 0) is 15.7 Å². The summed E-state index contributed by atoms with van der Waals surface area (Å²) >= 11 is 0. The number of hydrogen-bond donors (Lipinski definition) is 0. The van der Waals surface area contributed by atoms with Gasteiger partial charge in [0, 0.05) is 5.56 Å². The summed E-state index contributed by atoms with van der Waals surface area (Å²) in [5.74, 6) is -2.60. The first kappa shape index (κ1) is 25.5. The van der Waals surface area contributed by atoms with Crippen LogP contribution in [0.15, 0.2) is 36.4 Å². The average Bonchev–Trinajstić information content (AvgIpc) is 3.59. The van der Waals surface area contributed by atoms with Gasteiger partial charge in [-0.25, -0.2) is 0 Å². The van der Waals surface area contributed by atoms with E-state index >= 15 is 0 Å². The van der Waals surface area contributed by atoms with Crippen molar-refractivity contribution in [1.29, 1.82) is 0 Å². The second-order valence-electron chi connectivity index (χ2n) is 8.88. The summed E-state index contributed by atoms with van der Waals surface area (Å²) in [6.07, 6.45) is -3.34. The molecule has 0 N–H and O–H groups in total. The van der Waals surface area contributed by atoms with Gasteiger partial charge in [0.2, 0.25) is 5.75 Å². The lowest BCUT2D eigenvalue weighted by atomic mass is 9.84. The Morgan fingerprint density at radius 1 is 1.21 bits per heavy atom. The number of alkyl halides is 3. The fourth-order valence-electron chi connectivity index (χ4n) is 3.95. The van der Waals surface area contributed by atoms with Crippen LogP contribution in [0.4, 0.5) is 18.9 Å². The summed E-state index contributed by atoms with van der Waals surface area (Å²) in [4.78, 5) is 23.9. The molecule has 0 aliphatic heterocycles. The molecule has 0 spiro atoms. The first-order valence-electron chi connectivity index (χ1n) is 11.3. The maximum Gasteiger partial charge on any atom is 0.423 e. The highest BCUT2D eigenvalue weighted by Gasteiger charge is 2.47. The number of nitro groups is 1. The summed E-state index contributed by atoms with van der Waals surface area (Å²) in [6, 6.07) is 9.59. The Kier molecular flexibility index (Phi) is 7.84. The number of esters is 1. The number of hydrogen-bond acceptors (Lipinski definition) is 5. The highest BCUT2D eigenvalue weighted by Crippen LogP contribution is 2.51. The van der Waals surface area contributed by atoms with Crippen LogP contribution in [0.5, 0.6) is 5.75 Å². The molecule has 34 heavy (non-hydrogen) atoms. The second-order valence-corrected chi connectivity index (χ2v) is 8.88. The Bertz CT molecular complexity index is 1030. The van der Waals surface area contributed by atoms with Gasteiger partial charge < -0.3 is 9.47 Å². The van der Waals surface area contributed by atoms with Crippen LogP contribution in [-0.4, -0.2) is 24.1 Å². The van der Waals surface area contributed by atoms with Gasteiger partial charge in [0.1, 0.15) is 5.56 Å². The van der Waals surface area contributed by atoms with Gasteiger partial charge in [-0.1, -0.05) is 44.2 Å². The molecule has 3 rings (SSSR count). The molecule has 1 atom stereocenters. The zero-order valence-electron chi connectivity index (χ0n) is 19.4. The molecule has 1 aliphatic rings. The molecule has 2 aromatic rings. The molecule has 0 radical (unpaired) electrons. The molecule has 6 nitrogen and oxygen atoms in total. The third-order valence-electron chi connectivity index (χ3n) is 5.65. The van der Waals surface area contributed by atoms with Crippen LogP contribution in [0.2, 0.25) is 0 Å². The molecule has 9 heteroatoms. The van der Waals surface area contributed by atoms with Crippen molar-refractivity contribution in [1.82, 2.24) is 0 Å². The molecule has 184 valence electrons. The Balaban J connectivity index is 2.37. The third-order valence-corrected chi connectivity index (χ3v) is 5.65. The van der Waals surface area contributed by atoms with E-state index in [-0.39, 0.29) is 37.0 Å². The lowest BCUT2D eigenvalue weighted by Gasteiger charge is -2.24. The standard InChI is InChI=1S/C25H28F3NO5/c1-4-33-24(30)20(12-15(2)3)19-13-18(17-8-6-5-7-9-17)23(34-14-16-10-11-16)22(29(31)32)21(19)25(26,27)28/h5-9,13,15-16,20H,4,10-12,14H2,1-3H3. The summed E-state index contributed by atoms with van der Waals surface area (Å²) in [5, 5.41) is 12.1. The number of carbonyl (C=O) groups is 1. The summed E-state index contributed by atoms with van der Waals surface area (Å²) in [6.45, 7) is 5.15. The van der Waals surface area contributed by atoms with Crippen molar-refractivity contribution in [2.75, 3.05) is 13.2 Å². The maximum atomic E-state index is 14.4. The minimum atomic E-state index is -5.09. The lowest BCUT2D eigenvalue weighted by Crippen LogP contribution is -2.23. The van der Waals surface area contributed by atoms with Crippen LogP contribution in [0, 0.1) is 22.0 Å². The summed E-state index contributed by atoms with van der Waals surface area (Å²) < 4.78 is 54.1. The molecule has 1 unspecified atom stereocenters. The Morgan fingerprint density at radius 2 is 1.85 bits per heavy atom. The average molecular weight is 479 g/mol. The number of carbonyl (C=O) groups excluding carboxylic acids is 1. The number of halogens is 3. The van der Waals surface area contributed by atoms with Crippen LogP contribution in [0.1, 0.15) is 57.1 Å². The number of benzene rings is 2. The van der Waals surface area contributed by atoms with Crippen molar-refractivity contribution in [3.8, 4) is 16.9 Å². The highest BCUT2D eigenvalue weighted by atomic mass is 19.4. The van der Waals surface area contributed by atoms with Crippen molar-refractivity contribution in [3.63, 3.8) is 0 Å². The molecule has 1 aliphatic carbocycles. The lowest BCUT2D eigenvalue weighted by molar-refractivity contribution is -0.389. The highest BCUT2D eigenvalue weighted by molar-refractivity contribution is 5.84. The second kappa shape index (κ2) is 10.4. The van der Waals surface area contributed by atoms with Crippen LogP contribution < -0.4 is 4.74 Å². The van der Waals surface area contributed by atoms with Gasteiger partial charge >= 0.3 is 17.8 Å². The molecule has 1 fully saturated rings. The third kappa shape index (κ3) is 5.87. The normalized spacial score (nSPS) is 14.7. The number of rotatable bonds is 10. The van der Waals surface area contributed by atoms with Crippen LogP contribution in [0.3, 0.4) is 0 Å². The van der Waals surface area contributed by atoms with Crippen molar-refractivity contribution in [2.45, 2.75) is 52.1 Å². The minimum Gasteiger partial charge on any atom is -0.486 e. The van der Waals surface area contributed by atoms with Gasteiger partial charge in [-0.05, 0) is 55.2 Å². The van der Waals surface area contributed by atoms with E-state index in [2.05, 4.69) is 0 Å². The Hall–Kier alpha value is -3.10. The number of nitrogens with zero attached hydrogens (tertiary/aromatic N) is 1. The molecule has 0 saturated heterocycles. The molecule has 0 bridgehead atoms. The molecule has 0 aromatic heterocycles. The number of nitro benzene ring substituents is 1. The van der Waals surface area contributed by atoms with Crippen molar-refractivity contribution >= 4 is 11.7 Å². The molecular weight excluding hydrogens is 451 g/mol. The first-order valence-corrected chi connectivity index (χ1v) is 11.3. The predicted octanol–water partition coefficient (Wildman–Crippen LogP) is 6.76. The SMILES string of the molecule is CCOC(=O)C(CC(C)C)c1cc(-c2ccccc2)c(OCC2CC2)c([N+](=O)[O-])c1C(F)(F)F. The fourth-order valence-corrected chi connectivity index (χ4v) is 3.95. The molecule has 1 saturated carbocycles. The monoisotopic (exact) mass is 479 g/mol. The Labute approximate surface area is 196 Å². The van der Waals surface area contributed by atoms with E-state index in [4.69, 9.17) is 9.47 Å². The van der Waals surface area contributed by atoms with E-state index in [1.807, 2.05) is 0 Å². The van der Waals surface area contributed by atoms with Gasteiger partial charge in [0.15, 0.2) is 0 Å². The Morgan fingerprint density at radius 3 is 2.35 bits per heavy atom. The molecular formula is C25H28F3NO5. The van der Waals surface area contributed by atoms with Crippen molar-refractivity contribution in [2.24, 2.45) is 11.8 Å². The van der Waals surface area contributed by atoms with E-state index < -0.39 is 45.6 Å². The van der Waals surface area contributed by atoms with Crippen molar-refractivity contribution in [3.05, 3.63) is 57.6 Å². The first-order chi connectivity index (χ1) is 16.0. The predicted molar refractivity (Wildman–Crippen MR) is 121 cm³/mol. The van der Waals surface area contributed by atoms with Gasteiger partial charge in [0.25, 0.3) is 0 Å². The maximum absolute atomic E-state index is 14.4. The largest absolute Gasteiger partial charge is 0.486 e.